The number of halogens is 1. The lowest BCUT2D eigenvalue weighted by Gasteiger charge is -2.02. The third-order valence-corrected chi connectivity index (χ3v) is 2.67. The van der Waals surface area contributed by atoms with Gasteiger partial charge in [-0.2, -0.15) is 5.10 Å². The standard InChI is InChI=1S/C10H15BrN2/c1-3-6-13-10(4-5-12-13)7-9(2)8-11/h4-5,7H,3,6,8H2,1-2H3/b9-7-. The van der Waals surface area contributed by atoms with Gasteiger partial charge in [-0.25, -0.2) is 0 Å². The van der Waals surface area contributed by atoms with Crippen LogP contribution >= 0.6 is 15.9 Å². The van der Waals surface area contributed by atoms with E-state index in [1.54, 1.807) is 0 Å². The van der Waals surface area contributed by atoms with Gasteiger partial charge >= 0.3 is 0 Å². The Hall–Kier alpha value is -0.570. The first-order valence-electron chi connectivity index (χ1n) is 4.53. The number of alkyl halides is 1. The van der Waals surface area contributed by atoms with Crippen molar-refractivity contribution in [1.82, 2.24) is 9.78 Å². The molecule has 0 unspecified atom stereocenters. The monoisotopic (exact) mass is 242 g/mol. The van der Waals surface area contributed by atoms with Gasteiger partial charge in [-0.05, 0) is 25.5 Å². The Morgan fingerprint density at radius 1 is 1.69 bits per heavy atom. The molecule has 72 valence electrons. The second kappa shape index (κ2) is 5.22. The number of nitrogens with zero attached hydrogens (tertiary/aromatic N) is 2. The number of aryl methyl sites for hydroxylation is 1. The van der Waals surface area contributed by atoms with Crippen LogP contribution in [0.4, 0.5) is 0 Å². The first-order chi connectivity index (χ1) is 6.27. The van der Waals surface area contributed by atoms with Gasteiger partial charge in [-0.1, -0.05) is 28.4 Å². The Kier molecular flexibility index (Phi) is 4.22. The number of allylic oxidation sites excluding steroid dienone is 1. The van der Waals surface area contributed by atoms with Crippen molar-refractivity contribution in [2.75, 3.05) is 5.33 Å². The summed E-state index contributed by atoms with van der Waals surface area (Å²) in [5, 5.41) is 5.17. The average molecular weight is 243 g/mol. The van der Waals surface area contributed by atoms with E-state index in [4.69, 9.17) is 0 Å². The summed E-state index contributed by atoms with van der Waals surface area (Å²) in [6, 6.07) is 2.04. The molecule has 0 atom stereocenters. The zero-order valence-electron chi connectivity index (χ0n) is 8.13. The van der Waals surface area contributed by atoms with Crippen LogP contribution in [0.3, 0.4) is 0 Å². The summed E-state index contributed by atoms with van der Waals surface area (Å²) in [6.45, 7) is 5.26. The number of hydrogen-bond donors (Lipinski definition) is 0. The minimum Gasteiger partial charge on any atom is -0.266 e. The molecular formula is C10H15BrN2. The molecular weight excluding hydrogens is 228 g/mol. The van der Waals surface area contributed by atoms with E-state index in [1.165, 1.54) is 11.3 Å². The molecule has 1 aromatic heterocycles. The van der Waals surface area contributed by atoms with E-state index >= 15 is 0 Å². The van der Waals surface area contributed by atoms with Gasteiger partial charge in [0.2, 0.25) is 0 Å². The molecule has 0 N–H and O–H groups in total. The highest BCUT2D eigenvalue weighted by atomic mass is 79.9. The van der Waals surface area contributed by atoms with E-state index < -0.39 is 0 Å². The Morgan fingerprint density at radius 3 is 3.08 bits per heavy atom. The van der Waals surface area contributed by atoms with Crippen LogP contribution in [0, 0.1) is 0 Å². The summed E-state index contributed by atoms with van der Waals surface area (Å²) < 4.78 is 2.03. The lowest BCUT2D eigenvalue weighted by molar-refractivity contribution is 0.598. The van der Waals surface area contributed by atoms with Crippen LogP contribution in [0.2, 0.25) is 0 Å². The zero-order chi connectivity index (χ0) is 9.68. The van der Waals surface area contributed by atoms with E-state index in [0.29, 0.717) is 0 Å². The smallest absolute Gasteiger partial charge is 0.0609 e. The highest BCUT2D eigenvalue weighted by Crippen LogP contribution is 2.08. The van der Waals surface area contributed by atoms with Crippen molar-refractivity contribution in [3.8, 4) is 0 Å². The lowest BCUT2D eigenvalue weighted by Crippen LogP contribution is -2.01. The Bertz CT molecular complexity index is 289. The predicted molar refractivity (Wildman–Crippen MR) is 60.0 cm³/mol. The highest BCUT2D eigenvalue weighted by molar-refractivity contribution is 9.09. The second-order valence-corrected chi connectivity index (χ2v) is 3.66. The maximum Gasteiger partial charge on any atom is 0.0609 e. The first kappa shape index (κ1) is 10.5. The van der Waals surface area contributed by atoms with Gasteiger partial charge in [0.05, 0.1) is 5.69 Å². The van der Waals surface area contributed by atoms with Gasteiger partial charge < -0.3 is 0 Å². The molecule has 0 aliphatic carbocycles. The van der Waals surface area contributed by atoms with Crippen LogP contribution in [-0.2, 0) is 6.54 Å². The van der Waals surface area contributed by atoms with Crippen LogP contribution in [0.1, 0.15) is 26.0 Å². The third-order valence-electron chi connectivity index (χ3n) is 1.79. The summed E-state index contributed by atoms with van der Waals surface area (Å²) in [6.07, 6.45) is 5.14. The molecule has 0 saturated heterocycles. The topological polar surface area (TPSA) is 17.8 Å². The van der Waals surface area contributed by atoms with E-state index in [9.17, 15) is 0 Å². The van der Waals surface area contributed by atoms with Gasteiger partial charge in [0.25, 0.3) is 0 Å². The highest BCUT2D eigenvalue weighted by Gasteiger charge is 1.97. The molecule has 0 aliphatic heterocycles. The Morgan fingerprint density at radius 2 is 2.46 bits per heavy atom. The minimum atomic E-state index is 0.921. The quantitative estimate of drug-likeness (QED) is 0.743. The summed E-state index contributed by atoms with van der Waals surface area (Å²) in [5.74, 6) is 0. The molecule has 3 heteroatoms. The molecule has 0 amide bonds. The van der Waals surface area contributed by atoms with Crippen molar-refractivity contribution >= 4 is 22.0 Å². The number of rotatable bonds is 4. The summed E-state index contributed by atoms with van der Waals surface area (Å²) >= 11 is 3.43. The molecule has 1 rings (SSSR count). The largest absolute Gasteiger partial charge is 0.266 e. The molecule has 1 heterocycles. The van der Waals surface area contributed by atoms with Gasteiger partial charge in [-0.15, -0.1) is 0 Å². The summed E-state index contributed by atoms with van der Waals surface area (Å²) in [5.41, 5.74) is 2.51. The average Bonchev–Trinajstić information content (AvgIpc) is 2.54. The number of aromatic nitrogens is 2. The SMILES string of the molecule is CCCn1nccc1/C=C(/C)CBr. The number of hydrogen-bond acceptors (Lipinski definition) is 1. The molecule has 0 radical (unpaired) electrons. The zero-order valence-corrected chi connectivity index (χ0v) is 9.71. The molecule has 0 fully saturated rings. The van der Waals surface area contributed by atoms with Crippen molar-refractivity contribution in [2.24, 2.45) is 0 Å². The van der Waals surface area contributed by atoms with Crippen LogP contribution in [0.15, 0.2) is 17.8 Å². The molecule has 0 spiro atoms. The second-order valence-electron chi connectivity index (χ2n) is 3.10. The van der Waals surface area contributed by atoms with Crippen LogP contribution in [-0.4, -0.2) is 15.1 Å². The maximum absolute atomic E-state index is 4.25. The van der Waals surface area contributed by atoms with Gasteiger partial charge in [0.15, 0.2) is 0 Å². The molecule has 0 aliphatic rings. The fourth-order valence-electron chi connectivity index (χ4n) is 1.16. The van der Waals surface area contributed by atoms with Gasteiger partial charge in [-0.3, -0.25) is 4.68 Å². The molecule has 0 saturated carbocycles. The molecule has 1 aromatic rings. The fraction of sp³-hybridized carbons (Fsp3) is 0.500. The molecule has 13 heavy (non-hydrogen) atoms. The van der Waals surface area contributed by atoms with Gasteiger partial charge in [0.1, 0.15) is 0 Å². The Labute approximate surface area is 87.8 Å². The first-order valence-corrected chi connectivity index (χ1v) is 5.65. The summed E-state index contributed by atoms with van der Waals surface area (Å²) in [7, 11) is 0. The predicted octanol–water partition coefficient (Wildman–Crippen LogP) is 3.09. The van der Waals surface area contributed by atoms with E-state index in [0.717, 1.165) is 18.3 Å². The van der Waals surface area contributed by atoms with E-state index in [2.05, 4.69) is 41.0 Å². The maximum atomic E-state index is 4.25. The normalized spacial score (nSPS) is 12.1. The van der Waals surface area contributed by atoms with Crippen molar-refractivity contribution in [1.29, 1.82) is 0 Å². The van der Waals surface area contributed by atoms with Gasteiger partial charge in [0, 0.05) is 18.1 Å². The fourth-order valence-corrected chi connectivity index (χ4v) is 1.32. The third kappa shape index (κ3) is 2.99. The van der Waals surface area contributed by atoms with Crippen molar-refractivity contribution < 1.29 is 0 Å². The minimum absolute atomic E-state index is 0.921. The van der Waals surface area contributed by atoms with Crippen molar-refractivity contribution in [2.45, 2.75) is 26.8 Å². The van der Waals surface area contributed by atoms with Crippen molar-refractivity contribution in [3.05, 3.63) is 23.5 Å². The molecule has 2 nitrogen and oxygen atoms in total. The lowest BCUT2D eigenvalue weighted by atomic mass is 10.2. The van der Waals surface area contributed by atoms with E-state index in [-0.39, 0.29) is 0 Å². The Balaban J connectivity index is 2.81. The van der Waals surface area contributed by atoms with Crippen LogP contribution in [0.5, 0.6) is 0 Å². The van der Waals surface area contributed by atoms with E-state index in [1.807, 2.05) is 16.9 Å². The molecule has 0 bridgehead atoms. The van der Waals surface area contributed by atoms with Crippen LogP contribution < -0.4 is 0 Å². The molecule has 0 aromatic carbocycles. The van der Waals surface area contributed by atoms with Crippen LogP contribution in [0.25, 0.3) is 6.08 Å². The summed E-state index contributed by atoms with van der Waals surface area (Å²) in [4.78, 5) is 0. The van der Waals surface area contributed by atoms with Crippen molar-refractivity contribution in [3.63, 3.8) is 0 Å².